The zero-order valence-electron chi connectivity index (χ0n) is 10.7. The van der Waals surface area contributed by atoms with E-state index < -0.39 is 5.82 Å². The standard InChI is InChI=1S/C15H13FN2O2/c16-12-9-11(10-17)5-6-14(12)19-7-8-20-15-4-2-1-3-13(15)18/h1-6,9H,7-8,18H2. The number of para-hydroxylation sites is 2. The van der Waals surface area contributed by atoms with Crippen molar-refractivity contribution in [2.24, 2.45) is 0 Å². The van der Waals surface area contributed by atoms with E-state index in [1.54, 1.807) is 12.1 Å². The molecule has 4 nitrogen and oxygen atoms in total. The van der Waals surface area contributed by atoms with Crippen LogP contribution >= 0.6 is 0 Å². The molecule has 5 heteroatoms. The van der Waals surface area contributed by atoms with Gasteiger partial charge >= 0.3 is 0 Å². The Hall–Kier alpha value is -2.74. The third kappa shape index (κ3) is 3.39. The Morgan fingerprint density at radius 2 is 1.75 bits per heavy atom. The summed E-state index contributed by atoms with van der Waals surface area (Å²) >= 11 is 0. The Bertz CT molecular complexity index is 638. The Labute approximate surface area is 116 Å². The molecule has 0 heterocycles. The average molecular weight is 272 g/mol. The highest BCUT2D eigenvalue weighted by Crippen LogP contribution is 2.20. The van der Waals surface area contributed by atoms with Gasteiger partial charge in [0.2, 0.25) is 0 Å². The van der Waals surface area contributed by atoms with Crippen molar-refractivity contribution < 1.29 is 13.9 Å². The molecule has 102 valence electrons. The smallest absolute Gasteiger partial charge is 0.166 e. The molecule has 0 fully saturated rings. The molecule has 0 bridgehead atoms. The molecule has 0 saturated carbocycles. The van der Waals surface area contributed by atoms with Crippen LogP contribution in [0.2, 0.25) is 0 Å². The van der Waals surface area contributed by atoms with E-state index in [9.17, 15) is 4.39 Å². The molecule has 0 saturated heterocycles. The lowest BCUT2D eigenvalue weighted by Crippen LogP contribution is -2.10. The lowest BCUT2D eigenvalue weighted by molar-refractivity contribution is 0.212. The van der Waals surface area contributed by atoms with Crippen LogP contribution in [-0.4, -0.2) is 13.2 Å². The zero-order valence-corrected chi connectivity index (χ0v) is 10.7. The van der Waals surface area contributed by atoms with Gasteiger partial charge in [0, 0.05) is 0 Å². The molecule has 2 N–H and O–H groups in total. The lowest BCUT2D eigenvalue weighted by atomic mass is 10.2. The summed E-state index contributed by atoms with van der Waals surface area (Å²) in [5.41, 5.74) is 6.51. The van der Waals surface area contributed by atoms with Gasteiger partial charge in [-0.2, -0.15) is 5.26 Å². The van der Waals surface area contributed by atoms with Gasteiger partial charge < -0.3 is 15.2 Å². The molecule has 0 aliphatic rings. The second kappa shape index (κ2) is 6.43. The molecule has 0 unspecified atom stereocenters. The summed E-state index contributed by atoms with van der Waals surface area (Å²) in [6, 6.07) is 13.0. The Morgan fingerprint density at radius 3 is 2.40 bits per heavy atom. The summed E-state index contributed by atoms with van der Waals surface area (Å²) in [7, 11) is 0. The van der Waals surface area contributed by atoms with Crippen molar-refractivity contribution in [3.8, 4) is 17.6 Å². The zero-order chi connectivity index (χ0) is 14.4. The van der Waals surface area contributed by atoms with E-state index in [2.05, 4.69) is 0 Å². The molecule has 0 aliphatic heterocycles. The van der Waals surface area contributed by atoms with Crippen molar-refractivity contribution in [3.63, 3.8) is 0 Å². The maximum Gasteiger partial charge on any atom is 0.166 e. The van der Waals surface area contributed by atoms with E-state index in [0.29, 0.717) is 11.4 Å². The first-order chi connectivity index (χ1) is 9.70. The molecular formula is C15H13FN2O2. The number of ether oxygens (including phenoxy) is 2. The first-order valence-corrected chi connectivity index (χ1v) is 6.00. The van der Waals surface area contributed by atoms with Crippen LogP contribution in [0.1, 0.15) is 5.56 Å². The first kappa shape index (κ1) is 13.7. The van der Waals surface area contributed by atoms with Gasteiger partial charge in [-0.15, -0.1) is 0 Å². The van der Waals surface area contributed by atoms with Gasteiger partial charge in [-0.1, -0.05) is 12.1 Å². The van der Waals surface area contributed by atoms with Gasteiger partial charge in [-0.3, -0.25) is 0 Å². The summed E-state index contributed by atoms with van der Waals surface area (Å²) in [6.45, 7) is 0.421. The molecule has 2 rings (SSSR count). The van der Waals surface area contributed by atoms with Crippen LogP contribution in [0.15, 0.2) is 42.5 Å². The highest BCUT2D eigenvalue weighted by atomic mass is 19.1. The van der Waals surface area contributed by atoms with Crippen LogP contribution in [0.25, 0.3) is 0 Å². The monoisotopic (exact) mass is 272 g/mol. The van der Waals surface area contributed by atoms with Gasteiger partial charge in [0.15, 0.2) is 11.6 Å². The van der Waals surface area contributed by atoms with E-state index in [0.717, 1.165) is 6.07 Å². The number of hydrogen-bond donors (Lipinski definition) is 1. The van der Waals surface area contributed by atoms with Crippen molar-refractivity contribution in [1.82, 2.24) is 0 Å². The van der Waals surface area contributed by atoms with Crippen LogP contribution in [0.3, 0.4) is 0 Å². The van der Waals surface area contributed by atoms with E-state index in [-0.39, 0.29) is 24.5 Å². The minimum absolute atomic E-state index is 0.0913. The number of rotatable bonds is 5. The van der Waals surface area contributed by atoms with E-state index in [1.165, 1.54) is 12.1 Å². The van der Waals surface area contributed by atoms with E-state index >= 15 is 0 Å². The Morgan fingerprint density at radius 1 is 1.05 bits per heavy atom. The molecule has 20 heavy (non-hydrogen) atoms. The number of benzene rings is 2. The number of nitrogen functional groups attached to an aromatic ring is 1. The fourth-order valence-electron chi connectivity index (χ4n) is 1.60. The average Bonchev–Trinajstić information content (AvgIpc) is 2.46. The van der Waals surface area contributed by atoms with Gasteiger partial charge in [-0.05, 0) is 30.3 Å². The molecule has 0 radical (unpaired) electrons. The summed E-state index contributed by atoms with van der Waals surface area (Å²) in [5.74, 6) is 0.0910. The Balaban J connectivity index is 1.85. The number of nitriles is 1. The molecular weight excluding hydrogens is 259 g/mol. The molecule has 0 aliphatic carbocycles. The summed E-state index contributed by atoms with van der Waals surface area (Å²) in [4.78, 5) is 0. The predicted molar refractivity (Wildman–Crippen MR) is 73.0 cm³/mol. The number of hydrogen-bond acceptors (Lipinski definition) is 4. The normalized spacial score (nSPS) is 9.80. The van der Waals surface area contributed by atoms with E-state index in [1.807, 2.05) is 18.2 Å². The van der Waals surface area contributed by atoms with Crippen LogP contribution in [0.5, 0.6) is 11.5 Å². The number of nitrogens with zero attached hydrogens (tertiary/aromatic N) is 1. The highest BCUT2D eigenvalue weighted by Gasteiger charge is 2.05. The third-order valence-electron chi connectivity index (χ3n) is 2.58. The van der Waals surface area contributed by atoms with Crippen molar-refractivity contribution >= 4 is 5.69 Å². The van der Waals surface area contributed by atoms with Gasteiger partial charge in [0.25, 0.3) is 0 Å². The molecule has 0 aromatic heterocycles. The SMILES string of the molecule is N#Cc1ccc(OCCOc2ccccc2N)c(F)c1. The van der Waals surface area contributed by atoms with Gasteiger partial charge in [-0.25, -0.2) is 4.39 Å². The number of anilines is 1. The second-order valence-electron chi connectivity index (χ2n) is 3.99. The maximum absolute atomic E-state index is 13.5. The fourth-order valence-corrected chi connectivity index (χ4v) is 1.60. The summed E-state index contributed by atoms with van der Waals surface area (Å²) < 4.78 is 24.2. The fraction of sp³-hybridized carbons (Fsp3) is 0.133. The summed E-state index contributed by atoms with van der Waals surface area (Å²) in [6.07, 6.45) is 0. The van der Waals surface area contributed by atoms with Gasteiger partial charge in [0.1, 0.15) is 19.0 Å². The van der Waals surface area contributed by atoms with Crippen molar-refractivity contribution in [3.05, 3.63) is 53.8 Å². The van der Waals surface area contributed by atoms with Crippen molar-refractivity contribution in [1.29, 1.82) is 5.26 Å². The predicted octanol–water partition coefficient (Wildman–Crippen LogP) is 2.74. The molecule has 0 spiro atoms. The molecule has 0 amide bonds. The van der Waals surface area contributed by atoms with Crippen LogP contribution in [0, 0.1) is 17.1 Å². The van der Waals surface area contributed by atoms with Crippen LogP contribution in [0.4, 0.5) is 10.1 Å². The number of halogens is 1. The van der Waals surface area contributed by atoms with Crippen molar-refractivity contribution in [2.45, 2.75) is 0 Å². The Kier molecular flexibility index (Phi) is 4.40. The second-order valence-corrected chi connectivity index (χ2v) is 3.99. The third-order valence-corrected chi connectivity index (χ3v) is 2.58. The first-order valence-electron chi connectivity index (χ1n) is 6.00. The minimum atomic E-state index is -0.566. The highest BCUT2D eigenvalue weighted by molar-refractivity contribution is 5.51. The maximum atomic E-state index is 13.5. The number of nitrogens with two attached hydrogens (primary N) is 1. The molecule has 2 aromatic rings. The lowest BCUT2D eigenvalue weighted by Gasteiger charge is -2.10. The quantitative estimate of drug-likeness (QED) is 0.671. The largest absolute Gasteiger partial charge is 0.488 e. The topological polar surface area (TPSA) is 68.3 Å². The van der Waals surface area contributed by atoms with E-state index in [4.69, 9.17) is 20.5 Å². The van der Waals surface area contributed by atoms with Crippen LogP contribution < -0.4 is 15.2 Å². The van der Waals surface area contributed by atoms with Gasteiger partial charge in [0.05, 0.1) is 17.3 Å². The summed E-state index contributed by atoms with van der Waals surface area (Å²) in [5, 5.41) is 8.63. The minimum Gasteiger partial charge on any atom is -0.488 e. The van der Waals surface area contributed by atoms with Crippen LogP contribution in [-0.2, 0) is 0 Å². The molecule has 2 aromatic carbocycles. The van der Waals surface area contributed by atoms with Crippen molar-refractivity contribution in [2.75, 3.05) is 18.9 Å². The molecule has 0 atom stereocenters.